The van der Waals surface area contributed by atoms with Crippen LogP contribution in [0.4, 0.5) is 4.39 Å². The van der Waals surface area contributed by atoms with Crippen LogP contribution in [-0.2, 0) is 9.59 Å². The zero-order valence-electron chi connectivity index (χ0n) is 13.2. The molecule has 1 aliphatic rings. The Bertz CT molecular complexity index is 551. The Labute approximate surface area is 146 Å². The molecular weight excluding hydrogens is 339 g/mol. The van der Waals surface area contributed by atoms with Crippen LogP contribution in [0.15, 0.2) is 24.3 Å². The molecule has 0 radical (unpaired) electrons. The van der Waals surface area contributed by atoms with Crippen molar-refractivity contribution in [3.05, 3.63) is 30.1 Å². The fourth-order valence-corrected chi connectivity index (χ4v) is 2.51. The number of benzene rings is 1. The molecule has 1 aromatic carbocycles. The van der Waals surface area contributed by atoms with Gasteiger partial charge >= 0.3 is 5.97 Å². The summed E-state index contributed by atoms with van der Waals surface area (Å²) in [4.78, 5) is 24.6. The van der Waals surface area contributed by atoms with Gasteiger partial charge in [-0.2, -0.15) is 0 Å². The molecule has 1 amide bonds. The fourth-order valence-electron chi connectivity index (χ4n) is 2.51. The predicted octanol–water partition coefficient (Wildman–Crippen LogP) is 1.54. The van der Waals surface area contributed by atoms with Gasteiger partial charge in [0.05, 0.1) is 19.0 Å². The van der Waals surface area contributed by atoms with Crippen molar-refractivity contribution in [2.45, 2.75) is 12.8 Å². The molecule has 0 saturated carbocycles. The van der Waals surface area contributed by atoms with Crippen molar-refractivity contribution in [3.8, 4) is 5.75 Å². The molecule has 8 heteroatoms. The molecular formula is C16H22ClFN2O4. The Morgan fingerprint density at radius 2 is 2.04 bits per heavy atom. The van der Waals surface area contributed by atoms with Crippen molar-refractivity contribution in [1.29, 1.82) is 0 Å². The normalized spacial score (nSPS) is 15.4. The average molecular weight is 361 g/mol. The number of likely N-dealkylation sites (tertiary alicyclic amines) is 1. The number of carbonyl (C=O) groups is 2. The van der Waals surface area contributed by atoms with Crippen LogP contribution in [0.3, 0.4) is 0 Å². The van der Waals surface area contributed by atoms with Crippen molar-refractivity contribution in [1.82, 2.24) is 10.2 Å². The van der Waals surface area contributed by atoms with Crippen molar-refractivity contribution >= 4 is 24.3 Å². The lowest BCUT2D eigenvalue weighted by Crippen LogP contribution is -2.43. The number of hydrogen-bond acceptors (Lipinski definition) is 4. The monoisotopic (exact) mass is 360 g/mol. The number of aliphatic carboxylic acids is 1. The van der Waals surface area contributed by atoms with E-state index in [1.165, 1.54) is 12.1 Å². The van der Waals surface area contributed by atoms with Gasteiger partial charge in [-0.15, -0.1) is 12.4 Å². The molecule has 24 heavy (non-hydrogen) atoms. The number of nitrogens with one attached hydrogen (secondary N) is 1. The maximum atomic E-state index is 13.0. The maximum absolute atomic E-state index is 13.0. The highest BCUT2D eigenvalue weighted by molar-refractivity contribution is 5.85. The van der Waals surface area contributed by atoms with E-state index in [1.807, 2.05) is 4.90 Å². The molecule has 1 aliphatic heterocycles. The minimum Gasteiger partial charge on any atom is -0.492 e. The molecule has 0 spiro atoms. The molecule has 2 N–H and O–H groups in total. The highest BCUT2D eigenvalue weighted by atomic mass is 35.5. The Hall–Kier alpha value is -1.86. The van der Waals surface area contributed by atoms with Gasteiger partial charge in [-0.25, -0.2) is 4.39 Å². The minimum absolute atomic E-state index is 0. The van der Waals surface area contributed by atoms with Crippen molar-refractivity contribution < 1.29 is 23.8 Å². The minimum atomic E-state index is -0.761. The highest BCUT2D eigenvalue weighted by Gasteiger charge is 2.25. The first kappa shape index (κ1) is 20.2. The van der Waals surface area contributed by atoms with Crippen LogP contribution in [0.25, 0.3) is 0 Å². The highest BCUT2D eigenvalue weighted by Crippen LogP contribution is 2.16. The first-order chi connectivity index (χ1) is 11.0. The van der Waals surface area contributed by atoms with Crippen LogP contribution in [0.1, 0.15) is 12.8 Å². The van der Waals surface area contributed by atoms with E-state index in [1.54, 1.807) is 12.1 Å². The lowest BCUT2D eigenvalue weighted by molar-refractivity contribution is -0.143. The summed E-state index contributed by atoms with van der Waals surface area (Å²) in [7, 11) is 0. The number of carboxylic acids is 1. The first-order valence-corrected chi connectivity index (χ1v) is 7.65. The van der Waals surface area contributed by atoms with Crippen molar-refractivity contribution in [2.75, 3.05) is 32.8 Å². The van der Waals surface area contributed by atoms with Gasteiger partial charge in [-0.3, -0.25) is 14.5 Å². The summed E-state index contributed by atoms with van der Waals surface area (Å²) in [6, 6.07) is 5.83. The molecule has 1 fully saturated rings. The third-order valence-electron chi connectivity index (χ3n) is 3.79. The predicted molar refractivity (Wildman–Crippen MR) is 89.0 cm³/mol. The van der Waals surface area contributed by atoms with Gasteiger partial charge in [0.25, 0.3) is 0 Å². The third kappa shape index (κ3) is 6.72. The van der Waals surface area contributed by atoms with E-state index in [2.05, 4.69) is 5.32 Å². The van der Waals surface area contributed by atoms with E-state index in [4.69, 9.17) is 9.84 Å². The number of ether oxygens (including phenoxy) is 1. The van der Waals surface area contributed by atoms with Gasteiger partial charge in [0.1, 0.15) is 18.2 Å². The Morgan fingerprint density at radius 1 is 1.33 bits per heavy atom. The van der Waals surface area contributed by atoms with E-state index < -0.39 is 5.97 Å². The Morgan fingerprint density at radius 3 is 2.67 bits per heavy atom. The second-order valence-electron chi connectivity index (χ2n) is 5.54. The summed E-state index contributed by atoms with van der Waals surface area (Å²) in [5.41, 5.74) is 0. The molecule has 0 unspecified atom stereocenters. The van der Waals surface area contributed by atoms with Crippen LogP contribution in [-0.4, -0.2) is 54.7 Å². The van der Waals surface area contributed by atoms with Crippen LogP contribution < -0.4 is 10.1 Å². The van der Waals surface area contributed by atoms with Gasteiger partial charge in [-0.1, -0.05) is 6.07 Å². The average Bonchev–Trinajstić information content (AvgIpc) is 2.52. The van der Waals surface area contributed by atoms with Gasteiger partial charge in [0.15, 0.2) is 0 Å². The Balaban J connectivity index is 0.00000288. The largest absolute Gasteiger partial charge is 0.492 e. The van der Waals surface area contributed by atoms with Gasteiger partial charge in [-0.05, 0) is 38.1 Å². The lowest BCUT2D eigenvalue weighted by Gasteiger charge is -2.29. The van der Waals surface area contributed by atoms with Gasteiger partial charge in [0, 0.05) is 6.07 Å². The van der Waals surface area contributed by atoms with E-state index in [0.29, 0.717) is 38.2 Å². The molecule has 0 aliphatic carbocycles. The van der Waals surface area contributed by atoms with Crippen LogP contribution in [0.5, 0.6) is 5.75 Å². The van der Waals surface area contributed by atoms with E-state index >= 15 is 0 Å². The number of hydrogen-bond donors (Lipinski definition) is 2. The van der Waals surface area contributed by atoms with Crippen LogP contribution >= 0.6 is 12.4 Å². The standard InChI is InChI=1S/C16H21FN2O4.ClH/c17-13-2-1-3-14(10-13)23-9-6-18-15(20)11-19-7-4-12(5-8-19)16(21)22;/h1-3,10,12H,4-9,11H2,(H,18,20)(H,21,22);1H. The number of carboxylic acid groups (broad SMARTS) is 1. The summed E-state index contributed by atoms with van der Waals surface area (Å²) in [5.74, 6) is -1.12. The second-order valence-corrected chi connectivity index (χ2v) is 5.54. The van der Waals surface area contributed by atoms with E-state index in [-0.39, 0.29) is 43.2 Å². The maximum Gasteiger partial charge on any atom is 0.306 e. The van der Waals surface area contributed by atoms with Crippen LogP contribution in [0, 0.1) is 11.7 Å². The number of piperidine rings is 1. The summed E-state index contributed by atoms with van der Waals surface area (Å²) < 4.78 is 18.3. The molecule has 0 atom stereocenters. The zero-order valence-corrected chi connectivity index (χ0v) is 14.1. The van der Waals surface area contributed by atoms with E-state index in [0.717, 1.165) is 0 Å². The SMILES string of the molecule is Cl.O=C(CN1CCC(C(=O)O)CC1)NCCOc1cccc(F)c1. The number of amides is 1. The van der Waals surface area contributed by atoms with Gasteiger partial charge < -0.3 is 15.2 Å². The first-order valence-electron chi connectivity index (χ1n) is 7.65. The summed E-state index contributed by atoms with van der Waals surface area (Å²) >= 11 is 0. The molecule has 6 nitrogen and oxygen atoms in total. The van der Waals surface area contributed by atoms with Gasteiger partial charge in [0.2, 0.25) is 5.91 Å². The molecule has 1 heterocycles. The topological polar surface area (TPSA) is 78.9 Å². The number of nitrogens with zero attached hydrogens (tertiary/aromatic N) is 1. The number of carbonyl (C=O) groups excluding carboxylic acids is 1. The molecule has 0 bridgehead atoms. The lowest BCUT2D eigenvalue weighted by atomic mass is 9.97. The van der Waals surface area contributed by atoms with Crippen molar-refractivity contribution in [3.63, 3.8) is 0 Å². The Kier molecular flexibility index (Phi) is 8.49. The van der Waals surface area contributed by atoms with Crippen molar-refractivity contribution in [2.24, 2.45) is 5.92 Å². The summed E-state index contributed by atoms with van der Waals surface area (Å²) in [6.45, 7) is 2.08. The van der Waals surface area contributed by atoms with E-state index in [9.17, 15) is 14.0 Å². The molecule has 134 valence electrons. The number of halogens is 2. The smallest absolute Gasteiger partial charge is 0.306 e. The summed E-state index contributed by atoms with van der Waals surface area (Å²) in [5, 5.41) is 11.7. The molecule has 1 aromatic rings. The van der Waals surface area contributed by atoms with Crippen LogP contribution in [0.2, 0.25) is 0 Å². The fraction of sp³-hybridized carbons (Fsp3) is 0.500. The summed E-state index contributed by atoms with van der Waals surface area (Å²) in [6.07, 6.45) is 1.15. The molecule has 1 saturated heterocycles. The quantitative estimate of drug-likeness (QED) is 0.721. The molecule has 0 aromatic heterocycles. The molecule has 2 rings (SSSR count). The zero-order chi connectivity index (χ0) is 16.7. The second kappa shape index (κ2) is 10.1. The number of rotatable bonds is 7. The third-order valence-corrected chi connectivity index (χ3v) is 3.79.